The number of rotatable bonds is 6. The summed E-state index contributed by atoms with van der Waals surface area (Å²) in [4.78, 5) is 12.5. The quantitative estimate of drug-likeness (QED) is 0.738. The minimum absolute atomic E-state index is 0.109. The van der Waals surface area contributed by atoms with Crippen LogP contribution in [0.2, 0.25) is 0 Å². The number of halogens is 1. The number of fused-ring (bicyclic) bond motifs is 1. The third kappa shape index (κ3) is 3.45. The van der Waals surface area contributed by atoms with E-state index in [1.54, 1.807) is 18.6 Å². The Bertz CT molecular complexity index is 897. The zero-order chi connectivity index (χ0) is 17.3. The van der Waals surface area contributed by atoms with Gasteiger partial charge in [0.1, 0.15) is 23.8 Å². The molecular formula is C18H17FN4O2. The molecule has 6 nitrogen and oxygen atoms in total. The molecule has 0 amide bonds. The van der Waals surface area contributed by atoms with Gasteiger partial charge in [-0.3, -0.25) is 0 Å². The zero-order valence-electron chi connectivity index (χ0n) is 13.7. The van der Waals surface area contributed by atoms with Crippen LogP contribution in [0.5, 0.6) is 11.8 Å². The Hall–Kier alpha value is -2.96. The number of alkyl halides is 1. The first-order chi connectivity index (χ1) is 12.1. The van der Waals surface area contributed by atoms with Gasteiger partial charge >= 0.3 is 6.01 Å². The maximum atomic E-state index is 13.7. The normalized spacial score (nSPS) is 15.0. The Morgan fingerprint density at radius 2 is 1.96 bits per heavy atom. The second kappa shape index (κ2) is 6.16. The summed E-state index contributed by atoms with van der Waals surface area (Å²) in [5.74, 6) is 1.34. The van der Waals surface area contributed by atoms with Crippen molar-refractivity contribution in [3.05, 3.63) is 42.9 Å². The second-order valence-electron chi connectivity index (χ2n) is 6.07. The number of hydrogen-bond donors (Lipinski definition) is 1. The Morgan fingerprint density at radius 3 is 2.68 bits per heavy atom. The van der Waals surface area contributed by atoms with E-state index in [4.69, 9.17) is 9.47 Å². The van der Waals surface area contributed by atoms with Gasteiger partial charge in [0.05, 0.1) is 25.2 Å². The topological polar surface area (TPSA) is 69.2 Å². The summed E-state index contributed by atoms with van der Waals surface area (Å²) >= 11 is 0. The first kappa shape index (κ1) is 15.6. The molecule has 0 bridgehead atoms. The first-order valence-corrected chi connectivity index (χ1v) is 7.99. The fraction of sp³-hybridized carbons (Fsp3) is 0.278. The number of hydrogen-bond acceptors (Lipinski definition) is 6. The Labute approximate surface area is 144 Å². The van der Waals surface area contributed by atoms with Crippen molar-refractivity contribution in [3.8, 4) is 11.8 Å². The van der Waals surface area contributed by atoms with Crippen LogP contribution in [-0.4, -0.2) is 34.3 Å². The number of benzene rings is 1. The molecule has 0 aliphatic heterocycles. The van der Waals surface area contributed by atoms with Crippen LogP contribution in [0, 0.1) is 0 Å². The summed E-state index contributed by atoms with van der Waals surface area (Å²) in [5, 5.41) is 5.07. The number of anilines is 2. The number of nitrogens with zero attached hydrogens (tertiary/aromatic N) is 3. The largest absolute Gasteiger partial charge is 0.490 e. The maximum Gasteiger partial charge on any atom is 0.316 e. The molecule has 1 aliphatic rings. The summed E-state index contributed by atoms with van der Waals surface area (Å²) in [7, 11) is 1.52. The molecule has 1 aliphatic carbocycles. The predicted octanol–water partition coefficient (Wildman–Crippen LogP) is 3.66. The predicted molar refractivity (Wildman–Crippen MR) is 92.2 cm³/mol. The summed E-state index contributed by atoms with van der Waals surface area (Å²) in [6, 6.07) is 7.81. The summed E-state index contributed by atoms with van der Waals surface area (Å²) in [6.07, 6.45) is 6.13. The van der Waals surface area contributed by atoms with Crippen molar-refractivity contribution < 1.29 is 13.9 Å². The van der Waals surface area contributed by atoms with E-state index < -0.39 is 5.67 Å². The molecule has 1 N–H and O–H groups in total. The molecule has 1 aromatic carbocycles. The van der Waals surface area contributed by atoms with E-state index in [1.165, 1.54) is 7.11 Å². The van der Waals surface area contributed by atoms with Crippen LogP contribution in [0.25, 0.3) is 10.8 Å². The van der Waals surface area contributed by atoms with Crippen molar-refractivity contribution in [3.63, 3.8) is 0 Å². The van der Waals surface area contributed by atoms with E-state index in [0.717, 1.165) is 10.8 Å². The van der Waals surface area contributed by atoms with Crippen LogP contribution in [0.1, 0.15) is 12.8 Å². The van der Waals surface area contributed by atoms with Crippen molar-refractivity contribution >= 4 is 22.3 Å². The van der Waals surface area contributed by atoms with Crippen molar-refractivity contribution in [1.82, 2.24) is 15.0 Å². The molecule has 0 radical (unpaired) electrons. The fourth-order valence-electron chi connectivity index (χ4n) is 2.46. The molecule has 1 saturated carbocycles. The highest BCUT2D eigenvalue weighted by atomic mass is 19.1. The summed E-state index contributed by atoms with van der Waals surface area (Å²) in [6.45, 7) is 0.109. The molecule has 0 spiro atoms. The molecule has 4 rings (SSSR count). The number of methoxy groups -OCH3 is 1. The third-order valence-corrected chi connectivity index (χ3v) is 4.10. The lowest BCUT2D eigenvalue weighted by Gasteiger charge is -2.11. The van der Waals surface area contributed by atoms with E-state index in [9.17, 15) is 4.39 Å². The average Bonchev–Trinajstić information content (AvgIpc) is 3.38. The van der Waals surface area contributed by atoms with E-state index in [1.807, 2.05) is 24.3 Å². The highest BCUT2D eigenvalue weighted by Crippen LogP contribution is 2.40. The lowest BCUT2D eigenvalue weighted by atomic mass is 10.1. The molecule has 2 aromatic heterocycles. The molecule has 7 heteroatoms. The van der Waals surface area contributed by atoms with Gasteiger partial charge in [-0.25, -0.2) is 19.3 Å². The molecule has 0 unspecified atom stereocenters. The minimum atomic E-state index is -1.13. The third-order valence-electron chi connectivity index (χ3n) is 4.10. The highest BCUT2D eigenvalue weighted by molar-refractivity contribution is 5.93. The Kier molecular flexibility index (Phi) is 3.83. The van der Waals surface area contributed by atoms with Crippen LogP contribution in [-0.2, 0) is 0 Å². The van der Waals surface area contributed by atoms with Crippen LogP contribution in [0.15, 0.2) is 42.9 Å². The highest BCUT2D eigenvalue weighted by Gasteiger charge is 2.44. The standard InChI is InChI=1S/C18H17FN4O2/c1-24-17-21-9-13(10-22-17)23-16-15-3-2-14(8-12(15)4-7-20-16)25-11-18(19)5-6-18/h2-4,7-10H,5-6,11H2,1H3,(H,20,23). The van der Waals surface area contributed by atoms with Crippen molar-refractivity contribution in [2.24, 2.45) is 0 Å². The van der Waals surface area contributed by atoms with Gasteiger partial charge in [0.2, 0.25) is 0 Å². The Balaban J connectivity index is 1.56. The Morgan fingerprint density at radius 1 is 1.16 bits per heavy atom. The van der Waals surface area contributed by atoms with Gasteiger partial charge in [0, 0.05) is 11.6 Å². The molecule has 3 aromatic rings. The second-order valence-corrected chi connectivity index (χ2v) is 6.07. The van der Waals surface area contributed by atoms with E-state index in [0.29, 0.717) is 36.1 Å². The van der Waals surface area contributed by atoms with Gasteiger partial charge in [0.15, 0.2) is 0 Å². The molecule has 0 saturated heterocycles. The zero-order valence-corrected chi connectivity index (χ0v) is 13.7. The smallest absolute Gasteiger partial charge is 0.316 e. The minimum Gasteiger partial charge on any atom is -0.490 e. The monoisotopic (exact) mass is 340 g/mol. The maximum absolute atomic E-state index is 13.7. The van der Waals surface area contributed by atoms with Crippen LogP contribution < -0.4 is 14.8 Å². The van der Waals surface area contributed by atoms with Gasteiger partial charge in [-0.2, -0.15) is 0 Å². The molecule has 1 fully saturated rings. The number of aromatic nitrogens is 3. The lowest BCUT2D eigenvalue weighted by molar-refractivity contribution is 0.178. The van der Waals surface area contributed by atoms with Crippen LogP contribution in [0.4, 0.5) is 15.9 Å². The average molecular weight is 340 g/mol. The van der Waals surface area contributed by atoms with Crippen molar-refractivity contribution in [2.75, 3.05) is 19.0 Å². The molecule has 25 heavy (non-hydrogen) atoms. The molecule has 128 valence electrons. The molecular weight excluding hydrogens is 323 g/mol. The van der Waals surface area contributed by atoms with Gasteiger partial charge in [-0.05, 0) is 42.5 Å². The number of pyridine rings is 1. The SMILES string of the molecule is COc1ncc(Nc2nccc3cc(OCC4(F)CC4)ccc23)cn1. The van der Waals surface area contributed by atoms with E-state index in [-0.39, 0.29) is 6.61 Å². The van der Waals surface area contributed by atoms with Gasteiger partial charge in [0.25, 0.3) is 0 Å². The first-order valence-electron chi connectivity index (χ1n) is 7.99. The van der Waals surface area contributed by atoms with E-state index in [2.05, 4.69) is 20.3 Å². The van der Waals surface area contributed by atoms with Gasteiger partial charge < -0.3 is 14.8 Å². The van der Waals surface area contributed by atoms with E-state index >= 15 is 0 Å². The van der Waals surface area contributed by atoms with Gasteiger partial charge in [-0.15, -0.1) is 0 Å². The number of nitrogens with one attached hydrogen (secondary N) is 1. The number of ether oxygens (including phenoxy) is 2. The van der Waals surface area contributed by atoms with Crippen LogP contribution in [0.3, 0.4) is 0 Å². The van der Waals surface area contributed by atoms with Crippen LogP contribution >= 0.6 is 0 Å². The summed E-state index contributed by atoms with van der Waals surface area (Å²) in [5.41, 5.74) is -0.428. The summed E-state index contributed by atoms with van der Waals surface area (Å²) < 4.78 is 24.2. The molecule has 0 atom stereocenters. The molecule has 2 heterocycles. The van der Waals surface area contributed by atoms with Crippen molar-refractivity contribution in [2.45, 2.75) is 18.5 Å². The van der Waals surface area contributed by atoms with Crippen molar-refractivity contribution in [1.29, 1.82) is 0 Å². The van der Waals surface area contributed by atoms with Gasteiger partial charge in [-0.1, -0.05) is 0 Å². The fourth-order valence-corrected chi connectivity index (χ4v) is 2.46. The lowest BCUT2D eigenvalue weighted by Crippen LogP contribution is -2.13.